The van der Waals surface area contributed by atoms with Crippen molar-refractivity contribution < 1.29 is 28.2 Å². The van der Waals surface area contributed by atoms with Crippen LogP contribution in [0, 0.1) is 0 Å². The fraction of sp³-hybridized carbons (Fsp3) is 0.571. The zero-order valence-electron chi connectivity index (χ0n) is 12.6. The van der Waals surface area contributed by atoms with Crippen LogP contribution in [0.4, 0.5) is 0 Å². The second-order valence-electron chi connectivity index (χ2n) is 5.33. The van der Waals surface area contributed by atoms with E-state index in [1.165, 1.54) is 0 Å². The number of aliphatic hydroxyl groups excluding tert-OH is 1. The molecular formula is C14H21O6P. The normalized spacial score (nSPS) is 15.8. The van der Waals surface area contributed by atoms with E-state index in [9.17, 15) is 9.67 Å². The molecule has 0 bridgehead atoms. The summed E-state index contributed by atoms with van der Waals surface area (Å²) >= 11 is 0. The summed E-state index contributed by atoms with van der Waals surface area (Å²) in [6, 6.07) is 4.88. The summed E-state index contributed by atoms with van der Waals surface area (Å²) in [5.41, 5.74) is 0.406. The van der Waals surface area contributed by atoms with E-state index in [0.29, 0.717) is 17.1 Å². The van der Waals surface area contributed by atoms with Crippen molar-refractivity contribution in [3.63, 3.8) is 0 Å². The van der Waals surface area contributed by atoms with Gasteiger partial charge >= 0.3 is 7.60 Å². The first-order valence-corrected chi connectivity index (χ1v) is 8.47. The minimum absolute atomic E-state index is 0.136. The molecule has 1 aromatic carbocycles. The lowest BCUT2D eigenvalue weighted by atomic mass is 10.2. The Hall–Kier alpha value is -1.07. The second kappa shape index (κ2) is 6.36. The fourth-order valence-corrected chi connectivity index (χ4v) is 3.97. The van der Waals surface area contributed by atoms with Crippen molar-refractivity contribution in [3.8, 4) is 11.5 Å². The van der Waals surface area contributed by atoms with Crippen LogP contribution in [0.5, 0.6) is 11.5 Å². The van der Waals surface area contributed by atoms with Gasteiger partial charge in [-0.25, -0.2) is 0 Å². The third-order valence-electron chi connectivity index (χ3n) is 2.71. The summed E-state index contributed by atoms with van der Waals surface area (Å²) in [5, 5.41) is 10.5. The highest BCUT2D eigenvalue weighted by molar-refractivity contribution is 7.54. The van der Waals surface area contributed by atoms with Crippen molar-refractivity contribution in [2.75, 3.05) is 6.79 Å². The minimum atomic E-state index is -3.71. The number of ether oxygens (including phenoxy) is 2. The molecule has 1 aromatic rings. The molecule has 0 aliphatic carbocycles. The smallest absolute Gasteiger partial charge is 0.363 e. The number of hydrogen-bond acceptors (Lipinski definition) is 6. The molecular weight excluding hydrogens is 295 g/mol. The summed E-state index contributed by atoms with van der Waals surface area (Å²) in [7, 11) is -3.71. The average molecular weight is 316 g/mol. The summed E-state index contributed by atoms with van der Waals surface area (Å²) in [5.74, 6) is -0.278. The molecule has 2 rings (SSSR count). The predicted octanol–water partition coefficient (Wildman–Crippen LogP) is 3.45. The van der Waals surface area contributed by atoms with Gasteiger partial charge in [-0.15, -0.1) is 0 Å². The largest absolute Gasteiger partial charge is 0.454 e. The Morgan fingerprint density at radius 2 is 1.67 bits per heavy atom. The Morgan fingerprint density at radius 1 is 1.10 bits per heavy atom. The molecule has 0 radical (unpaired) electrons. The van der Waals surface area contributed by atoms with Gasteiger partial charge in [0.25, 0.3) is 0 Å². The van der Waals surface area contributed by atoms with Gasteiger partial charge in [0.2, 0.25) is 6.79 Å². The summed E-state index contributed by atoms with van der Waals surface area (Å²) in [4.78, 5) is 0. The van der Waals surface area contributed by atoms with Gasteiger partial charge in [0.15, 0.2) is 17.3 Å². The second-order valence-corrected chi connectivity index (χ2v) is 7.32. The highest BCUT2D eigenvalue weighted by Crippen LogP contribution is 2.61. The number of fused-ring (bicyclic) bond motifs is 1. The van der Waals surface area contributed by atoms with Gasteiger partial charge in [-0.2, -0.15) is 0 Å². The topological polar surface area (TPSA) is 74.2 Å². The van der Waals surface area contributed by atoms with E-state index in [-0.39, 0.29) is 19.0 Å². The third-order valence-corrected chi connectivity index (χ3v) is 5.04. The first-order valence-electron chi connectivity index (χ1n) is 6.86. The molecule has 0 fully saturated rings. The van der Waals surface area contributed by atoms with E-state index in [2.05, 4.69) is 0 Å². The lowest BCUT2D eigenvalue weighted by Gasteiger charge is -2.27. The zero-order chi connectivity index (χ0) is 15.6. The van der Waals surface area contributed by atoms with Crippen LogP contribution in [0.1, 0.15) is 39.1 Å². The van der Waals surface area contributed by atoms with E-state index in [1.54, 1.807) is 45.9 Å². The standard InChI is InChI=1S/C14H21O6P/c1-9(2)19-21(16,20-10(3)4)14(15)11-5-6-12-13(7-11)18-8-17-12/h5-7,9-10,14-15H,8H2,1-4H3/t14-/m0/s1. The average Bonchev–Trinajstić information content (AvgIpc) is 2.82. The SMILES string of the molecule is CC(C)OP(=O)(OC(C)C)[C@H](O)c1ccc2c(c1)OCO2. The van der Waals surface area contributed by atoms with E-state index in [0.717, 1.165) is 0 Å². The molecule has 1 aliphatic rings. The molecule has 1 atom stereocenters. The maximum Gasteiger partial charge on any atom is 0.363 e. The van der Waals surface area contributed by atoms with Gasteiger partial charge in [0, 0.05) is 0 Å². The van der Waals surface area contributed by atoms with Crippen LogP contribution in [0.15, 0.2) is 18.2 Å². The van der Waals surface area contributed by atoms with Gasteiger partial charge in [-0.1, -0.05) is 6.07 Å². The minimum Gasteiger partial charge on any atom is -0.454 e. The molecule has 7 heteroatoms. The molecule has 0 saturated carbocycles. The Kier molecular flexibility index (Phi) is 4.94. The number of aliphatic hydroxyl groups is 1. The quantitative estimate of drug-likeness (QED) is 0.810. The lowest BCUT2D eigenvalue weighted by Crippen LogP contribution is -2.13. The Bertz CT molecular complexity index is 528. The summed E-state index contributed by atoms with van der Waals surface area (Å²) < 4.78 is 34.1. The van der Waals surface area contributed by atoms with Crippen molar-refractivity contribution in [2.45, 2.75) is 45.7 Å². The molecule has 6 nitrogen and oxygen atoms in total. The number of rotatable bonds is 6. The Labute approximate surface area is 124 Å². The molecule has 0 aromatic heterocycles. The fourth-order valence-electron chi connectivity index (χ4n) is 1.98. The van der Waals surface area contributed by atoms with Gasteiger partial charge in [-0.05, 0) is 45.4 Å². The van der Waals surface area contributed by atoms with E-state index in [1.807, 2.05) is 0 Å². The van der Waals surface area contributed by atoms with Crippen LogP contribution in [0.25, 0.3) is 0 Å². The van der Waals surface area contributed by atoms with Crippen LogP contribution in [0.2, 0.25) is 0 Å². The summed E-state index contributed by atoms with van der Waals surface area (Å²) in [6.07, 6.45) is -0.670. The molecule has 21 heavy (non-hydrogen) atoms. The maximum atomic E-state index is 12.9. The van der Waals surface area contributed by atoms with E-state index < -0.39 is 13.4 Å². The monoisotopic (exact) mass is 316 g/mol. The van der Waals surface area contributed by atoms with Gasteiger partial charge < -0.3 is 23.6 Å². The van der Waals surface area contributed by atoms with E-state index >= 15 is 0 Å². The number of benzene rings is 1. The van der Waals surface area contributed by atoms with Crippen LogP contribution in [-0.4, -0.2) is 24.1 Å². The van der Waals surface area contributed by atoms with Crippen molar-refractivity contribution in [3.05, 3.63) is 23.8 Å². The van der Waals surface area contributed by atoms with Gasteiger partial charge in [0.05, 0.1) is 12.2 Å². The van der Waals surface area contributed by atoms with Crippen molar-refractivity contribution in [1.82, 2.24) is 0 Å². The van der Waals surface area contributed by atoms with Crippen LogP contribution in [-0.2, 0) is 13.6 Å². The van der Waals surface area contributed by atoms with Crippen molar-refractivity contribution in [1.29, 1.82) is 0 Å². The first kappa shape index (κ1) is 16.3. The zero-order valence-corrected chi connectivity index (χ0v) is 13.5. The molecule has 1 N–H and O–H groups in total. The lowest BCUT2D eigenvalue weighted by molar-refractivity contribution is 0.101. The molecule has 0 saturated heterocycles. The third kappa shape index (κ3) is 3.77. The maximum absolute atomic E-state index is 12.9. The van der Waals surface area contributed by atoms with Gasteiger partial charge in [0.1, 0.15) is 0 Å². The Morgan fingerprint density at radius 3 is 2.24 bits per heavy atom. The van der Waals surface area contributed by atoms with Crippen LogP contribution in [0.3, 0.4) is 0 Å². The highest BCUT2D eigenvalue weighted by Gasteiger charge is 2.38. The first-order chi connectivity index (χ1) is 9.82. The molecule has 1 aliphatic heterocycles. The molecule has 0 unspecified atom stereocenters. The summed E-state index contributed by atoms with van der Waals surface area (Å²) in [6.45, 7) is 7.09. The van der Waals surface area contributed by atoms with E-state index in [4.69, 9.17) is 18.5 Å². The van der Waals surface area contributed by atoms with Crippen molar-refractivity contribution in [2.24, 2.45) is 0 Å². The molecule has 0 spiro atoms. The predicted molar refractivity (Wildman–Crippen MR) is 77.6 cm³/mol. The Balaban J connectivity index is 2.29. The molecule has 0 amide bonds. The van der Waals surface area contributed by atoms with Crippen LogP contribution >= 0.6 is 7.60 Å². The molecule has 118 valence electrons. The van der Waals surface area contributed by atoms with Crippen molar-refractivity contribution >= 4 is 7.60 Å². The van der Waals surface area contributed by atoms with Crippen LogP contribution < -0.4 is 9.47 Å². The van der Waals surface area contributed by atoms with Gasteiger partial charge in [-0.3, -0.25) is 4.57 Å². The molecule has 1 heterocycles. The highest BCUT2D eigenvalue weighted by atomic mass is 31.2. The number of hydrogen-bond donors (Lipinski definition) is 1.